The molecular formula is C9H13O5P. The molecule has 0 aliphatic heterocycles. The molecule has 0 fully saturated rings. The van der Waals surface area contributed by atoms with E-state index in [-0.39, 0.29) is 18.3 Å². The highest BCUT2D eigenvalue weighted by Gasteiger charge is 2.18. The van der Waals surface area contributed by atoms with Crippen molar-refractivity contribution in [3.8, 4) is 0 Å². The lowest BCUT2D eigenvalue weighted by molar-refractivity contribution is -0.136. The zero-order valence-corrected chi connectivity index (χ0v) is 9.02. The normalized spacial score (nSPS) is 12.0. The predicted octanol–water partition coefficient (Wildman–Crippen LogP) is 1.35. The lowest BCUT2D eigenvalue weighted by Crippen LogP contribution is -2.00. The summed E-state index contributed by atoms with van der Waals surface area (Å²) in [5, 5.41) is -0.116. The number of hydrogen-bond acceptors (Lipinski definition) is 3. The van der Waals surface area contributed by atoms with Crippen molar-refractivity contribution in [2.24, 2.45) is 0 Å². The molecule has 0 unspecified atom stereocenters. The molecule has 0 aromatic heterocycles. The Balaban J connectivity index is 4.44. The second-order valence-corrected chi connectivity index (χ2v) is 4.23. The Bertz CT molecular complexity index is 325. The molecule has 0 atom stereocenters. The summed E-state index contributed by atoms with van der Waals surface area (Å²) in [6.45, 7) is 6.35. The average Bonchev–Trinajstić information content (AvgIpc) is 2.14. The Morgan fingerprint density at radius 3 is 2.40 bits per heavy atom. The van der Waals surface area contributed by atoms with Gasteiger partial charge in [0.05, 0.1) is 0 Å². The van der Waals surface area contributed by atoms with Gasteiger partial charge in [-0.3, -0.25) is 4.57 Å². The Morgan fingerprint density at radius 2 is 2.00 bits per heavy atom. The third-order valence-electron chi connectivity index (χ3n) is 1.44. The van der Waals surface area contributed by atoms with E-state index in [9.17, 15) is 9.36 Å². The number of carbonyl (C=O) groups excluding carboxylic acids is 1. The van der Waals surface area contributed by atoms with Gasteiger partial charge in [-0.15, -0.1) is 6.58 Å². The molecule has 0 rings (SSSR count). The fourth-order valence-electron chi connectivity index (χ4n) is 0.748. The maximum atomic E-state index is 10.9. The molecule has 0 bridgehead atoms. The molecule has 0 saturated heterocycles. The number of ether oxygens (including phenoxy) is 1. The second-order valence-electron chi connectivity index (χ2n) is 2.57. The van der Waals surface area contributed by atoms with E-state index in [1.165, 1.54) is 12.2 Å². The molecule has 0 radical (unpaired) electrons. The minimum atomic E-state index is -4.29. The van der Waals surface area contributed by atoms with Crippen molar-refractivity contribution in [1.82, 2.24) is 0 Å². The van der Waals surface area contributed by atoms with Crippen LogP contribution in [0.1, 0.15) is 6.42 Å². The van der Waals surface area contributed by atoms with Crippen LogP contribution in [0, 0.1) is 0 Å². The fraction of sp³-hybridized carbons (Fsp3) is 0.222. The topological polar surface area (TPSA) is 83.8 Å². The minimum Gasteiger partial charge on any atom is -0.458 e. The predicted molar refractivity (Wildman–Crippen MR) is 56.1 cm³/mol. The summed E-state index contributed by atoms with van der Waals surface area (Å²) in [5.74, 6) is -0.644. The van der Waals surface area contributed by atoms with Crippen LogP contribution in [0.3, 0.4) is 0 Å². The summed E-state index contributed by atoms with van der Waals surface area (Å²) in [6, 6.07) is 0. The quantitative estimate of drug-likeness (QED) is 0.312. The minimum absolute atomic E-state index is 0.0515. The van der Waals surface area contributed by atoms with Gasteiger partial charge in [0.2, 0.25) is 0 Å². The van der Waals surface area contributed by atoms with E-state index >= 15 is 0 Å². The summed E-state index contributed by atoms with van der Waals surface area (Å²) >= 11 is 0. The number of rotatable bonds is 6. The van der Waals surface area contributed by atoms with Gasteiger partial charge in [-0.25, -0.2) is 4.79 Å². The first-order valence-corrected chi connectivity index (χ1v) is 5.68. The Hall–Kier alpha value is -1.16. The molecule has 0 aliphatic carbocycles. The van der Waals surface area contributed by atoms with Crippen molar-refractivity contribution in [2.75, 3.05) is 6.61 Å². The molecule has 5 nitrogen and oxygen atoms in total. The average molecular weight is 232 g/mol. The summed E-state index contributed by atoms with van der Waals surface area (Å²) in [4.78, 5) is 28.3. The van der Waals surface area contributed by atoms with Crippen molar-refractivity contribution in [3.63, 3.8) is 0 Å². The van der Waals surface area contributed by atoms with E-state index in [1.54, 1.807) is 0 Å². The van der Waals surface area contributed by atoms with Crippen molar-refractivity contribution in [1.29, 1.82) is 0 Å². The van der Waals surface area contributed by atoms with Gasteiger partial charge >= 0.3 is 13.6 Å². The maximum Gasteiger partial charge on any atom is 0.352 e. The Morgan fingerprint density at radius 1 is 1.40 bits per heavy atom. The standard InChI is InChI=1S/C9H13O5P/c1-3-5-8(15(11,12)13)6-7-14-9(10)4-2/h3-4,6H,1-2,5,7H2,(H2,11,12,13). The SMILES string of the molecule is C=CCC(=CCOC(=O)C=C)P(=O)(O)O. The van der Waals surface area contributed by atoms with E-state index < -0.39 is 13.6 Å². The van der Waals surface area contributed by atoms with Crippen LogP contribution >= 0.6 is 7.60 Å². The number of carbonyl (C=O) groups is 1. The van der Waals surface area contributed by atoms with Crippen LogP contribution in [-0.2, 0) is 14.1 Å². The summed E-state index contributed by atoms with van der Waals surface area (Å²) in [7, 11) is -4.29. The molecule has 0 amide bonds. The van der Waals surface area contributed by atoms with Gasteiger partial charge in [0.1, 0.15) is 6.61 Å². The maximum absolute atomic E-state index is 10.9. The van der Waals surface area contributed by atoms with Crippen LogP contribution in [0.5, 0.6) is 0 Å². The molecule has 0 spiro atoms. The first-order chi connectivity index (χ1) is 6.91. The van der Waals surface area contributed by atoms with Gasteiger partial charge in [0.25, 0.3) is 0 Å². The Kier molecular flexibility index (Phi) is 5.86. The third kappa shape index (κ3) is 6.01. The van der Waals surface area contributed by atoms with Crippen LogP contribution < -0.4 is 0 Å². The molecular weight excluding hydrogens is 219 g/mol. The summed E-state index contributed by atoms with van der Waals surface area (Å²) < 4.78 is 15.4. The smallest absolute Gasteiger partial charge is 0.352 e. The van der Waals surface area contributed by atoms with Crippen molar-refractivity contribution in [2.45, 2.75) is 6.42 Å². The molecule has 0 aromatic rings. The fourth-order valence-corrected chi connectivity index (χ4v) is 1.43. The highest BCUT2D eigenvalue weighted by molar-refractivity contribution is 7.56. The van der Waals surface area contributed by atoms with Crippen LogP contribution in [0.25, 0.3) is 0 Å². The second kappa shape index (κ2) is 6.35. The molecule has 6 heteroatoms. The highest BCUT2D eigenvalue weighted by atomic mass is 31.2. The van der Waals surface area contributed by atoms with Gasteiger partial charge in [-0.1, -0.05) is 12.7 Å². The van der Waals surface area contributed by atoms with E-state index in [4.69, 9.17) is 9.79 Å². The largest absolute Gasteiger partial charge is 0.458 e. The molecule has 0 aliphatic rings. The molecule has 0 aromatic carbocycles. The van der Waals surface area contributed by atoms with Crippen LogP contribution in [0.2, 0.25) is 0 Å². The summed E-state index contributed by atoms with van der Waals surface area (Å²) in [6.07, 6.45) is 3.55. The van der Waals surface area contributed by atoms with Crippen molar-refractivity contribution >= 4 is 13.6 Å². The zero-order chi connectivity index (χ0) is 11.9. The lowest BCUT2D eigenvalue weighted by atomic mass is 10.4. The first kappa shape index (κ1) is 13.8. The molecule has 84 valence electrons. The van der Waals surface area contributed by atoms with Gasteiger partial charge in [-0.05, 0) is 12.5 Å². The highest BCUT2D eigenvalue weighted by Crippen LogP contribution is 2.46. The summed E-state index contributed by atoms with van der Waals surface area (Å²) in [5.41, 5.74) is 0. The van der Waals surface area contributed by atoms with Crippen LogP contribution in [-0.4, -0.2) is 22.4 Å². The van der Waals surface area contributed by atoms with Gasteiger partial charge in [-0.2, -0.15) is 0 Å². The van der Waals surface area contributed by atoms with E-state index in [2.05, 4.69) is 17.9 Å². The van der Waals surface area contributed by atoms with Gasteiger partial charge < -0.3 is 14.5 Å². The molecule has 15 heavy (non-hydrogen) atoms. The van der Waals surface area contributed by atoms with Crippen LogP contribution in [0.4, 0.5) is 0 Å². The third-order valence-corrected chi connectivity index (χ3v) is 2.55. The van der Waals surface area contributed by atoms with E-state index in [1.807, 2.05) is 0 Å². The Labute approximate surface area is 87.9 Å². The monoisotopic (exact) mass is 232 g/mol. The number of hydrogen-bond donors (Lipinski definition) is 2. The van der Waals surface area contributed by atoms with Crippen molar-refractivity contribution < 1.29 is 23.9 Å². The zero-order valence-electron chi connectivity index (χ0n) is 8.13. The molecule has 0 saturated carbocycles. The van der Waals surface area contributed by atoms with Gasteiger partial charge in [0, 0.05) is 11.4 Å². The van der Waals surface area contributed by atoms with E-state index in [0.717, 1.165) is 6.08 Å². The first-order valence-electron chi connectivity index (χ1n) is 4.07. The number of allylic oxidation sites excluding steroid dienone is 2. The van der Waals surface area contributed by atoms with Crippen molar-refractivity contribution in [3.05, 3.63) is 36.7 Å². The van der Waals surface area contributed by atoms with Gasteiger partial charge in [0.15, 0.2) is 0 Å². The molecule has 0 heterocycles. The molecule has 2 N–H and O–H groups in total. The van der Waals surface area contributed by atoms with Crippen LogP contribution in [0.15, 0.2) is 36.7 Å². The van der Waals surface area contributed by atoms with E-state index in [0.29, 0.717) is 0 Å². The number of esters is 1. The lowest BCUT2D eigenvalue weighted by Gasteiger charge is -2.06.